The van der Waals surface area contributed by atoms with Crippen molar-refractivity contribution in [3.05, 3.63) is 0 Å². The van der Waals surface area contributed by atoms with E-state index < -0.39 is 0 Å². The molecule has 104 valence electrons. The van der Waals surface area contributed by atoms with Gasteiger partial charge in [0.25, 0.3) is 0 Å². The monoisotopic (exact) mass is 252 g/mol. The van der Waals surface area contributed by atoms with Gasteiger partial charge in [0.1, 0.15) is 0 Å². The molecule has 3 nitrogen and oxygen atoms in total. The van der Waals surface area contributed by atoms with E-state index in [0.29, 0.717) is 5.41 Å². The predicted molar refractivity (Wildman–Crippen MR) is 73.6 cm³/mol. The van der Waals surface area contributed by atoms with Crippen LogP contribution >= 0.6 is 0 Å². The van der Waals surface area contributed by atoms with Crippen molar-refractivity contribution in [2.24, 2.45) is 5.41 Å². The van der Waals surface area contributed by atoms with Gasteiger partial charge < -0.3 is 15.3 Å². The molecule has 1 heterocycles. The number of β-amino-alcohol motifs (C(OH)–C–C–N with tert-alkyl or cyclic N) is 1. The van der Waals surface area contributed by atoms with E-state index in [1.165, 1.54) is 58.0 Å². The third kappa shape index (κ3) is 3.25. The highest BCUT2D eigenvalue weighted by atomic mass is 16.3. The van der Waals surface area contributed by atoms with Crippen molar-refractivity contribution in [1.29, 1.82) is 0 Å². The first-order valence-corrected chi connectivity index (χ1v) is 7.90. The van der Waals surface area contributed by atoms with Crippen molar-refractivity contribution >= 4 is 0 Å². The Morgan fingerprint density at radius 3 is 2.50 bits per heavy atom. The normalized spacial score (nSPS) is 32.8. The molecule has 0 aromatic rings. The van der Waals surface area contributed by atoms with Crippen molar-refractivity contribution in [2.45, 2.75) is 63.5 Å². The number of aliphatic hydroxyl groups excluding tert-OH is 1. The molecule has 2 N–H and O–H groups in total. The van der Waals surface area contributed by atoms with Gasteiger partial charge in [0.05, 0.1) is 6.10 Å². The number of hydrogen-bond donors (Lipinski definition) is 2. The van der Waals surface area contributed by atoms with E-state index in [0.717, 1.165) is 25.6 Å². The SMILES string of the molecule is OC1CCN(CC2(CNC3CC3)CCCCC2)C1. The molecular weight excluding hydrogens is 224 g/mol. The Labute approximate surface area is 111 Å². The largest absolute Gasteiger partial charge is 0.392 e. The molecule has 3 rings (SSSR count). The van der Waals surface area contributed by atoms with Gasteiger partial charge in [0.2, 0.25) is 0 Å². The molecule has 0 aromatic heterocycles. The van der Waals surface area contributed by atoms with Gasteiger partial charge in [-0.3, -0.25) is 0 Å². The Balaban J connectivity index is 1.56. The predicted octanol–water partition coefficient (Wildman–Crippen LogP) is 1.76. The van der Waals surface area contributed by atoms with E-state index in [2.05, 4.69) is 10.2 Å². The summed E-state index contributed by atoms with van der Waals surface area (Å²) in [6, 6.07) is 0.827. The molecule has 0 amide bonds. The molecule has 1 aliphatic heterocycles. The number of aliphatic hydroxyl groups is 1. The summed E-state index contributed by atoms with van der Waals surface area (Å²) in [6.07, 6.45) is 10.7. The lowest BCUT2D eigenvalue weighted by molar-refractivity contribution is 0.103. The Kier molecular flexibility index (Phi) is 3.92. The average molecular weight is 252 g/mol. The zero-order valence-electron chi connectivity index (χ0n) is 11.5. The number of rotatable bonds is 5. The molecule has 3 aliphatic rings. The lowest BCUT2D eigenvalue weighted by atomic mass is 9.73. The second kappa shape index (κ2) is 5.48. The second-order valence-corrected chi connectivity index (χ2v) is 6.89. The van der Waals surface area contributed by atoms with Gasteiger partial charge in [0.15, 0.2) is 0 Å². The first kappa shape index (κ1) is 12.9. The Morgan fingerprint density at radius 1 is 1.11 bits per heavy atom. The number of nitrogens with zero attached hydrogens (tertiary/aromatic N) is 1. The number of hydrogen-bond acceptors (Lipinski definition) is 3. The van der Waals surface area contributed by atoms with Crippen molar-refractivity contribution in [3.8, 4) is 0 Å². The summed E-state index contributed by atoms with van der Waals surface area (Å²) in [7, 11) is 0. The second-order valence-electron chi connectivity index (χ2n) is 6.89. The molecule has 2 aliphatic carbocycles. The minimum Gasteiger partial charge on any atom is -0.392 e. The molecule has 2 saturated carbocycles. The van der Waals surface area contributed by atoms with E-state index in [1.54, 1.807) is 0 Å². The van der Waals surface area contributed by atoms with Gasteiger partial charge in [-0.25, -0.2) is 0 Å². The van der Waals surface area contributed by atoms with Crippen molar-refractivity contribution in [3.63, 3.8) is 0 Å². The summed E-state index contributed by atoms with van der Waals surface area (Å²) in [5.74, 6) is 0. The zero-order chi connectivity index (χ0) is 12.4. The van der Waals surface area contributed by atoms with Gasteiger partial charge in [-0.2, -0.15) is 0 Å². The van der Waals surface area contributed by atoms with Crippen LogP contribution in [-0.4, -0.2) is 48.3 Å². The summed E-state index contributed by atoms with van der Waals surface area (Å²) in [5, 5.41) is 13.4. The van der Waals surface area contributed by atoms with Crippen LogP contribution in [0.15, 0.2) is 0 Å². The van der Waals surface area contributed by atoms with Gasteiger partial charge in [-0.05, 0) is 37.5 Å². The maximum Gasteiger partial charge on any atom is 0.0679 e. The van der Waals surface area contributed by atoms with Crippen LogP contribution in [-0.2, 0) is 0 Å². The van der Waals surface area contributed by atoms with Crippen LogP contribution in [0.25, 0.3) is 0 Å². The highest BCUT2D eigenvalue weighted by molar-refractivity contribution is 4.92. The fraction of sp³-hybridized carbons (Fsp3) is 1.00. The van der Waals surface area contributed by atoms with E-state index >= 15 is 0 Å². The molecule has 18 heavy (non-hydrogen) atoms. The van der Waals surface area contributed by atoms with Gasteiger partial charge in [-0.1, -0.05) is 19.3 Å². The molecule has 1 saturated heterocycles. The van der Waals surface area contributed by atoms with Crippen LogP contribution in [0.3, 0.4) is 0 Å². The highest BCUT2D eigenvalue weighted by Crippen LogP contribution is 2.38. The molecule has 0 radical (unpaired) electrons. The summed E-state index contributed by atoms with van der Waals surface area (Å²) in [5.41, 5.74) is 0.505. The minimum atomic E-state index is -0.0676. The smallest absolute Gasteiger partial charge is 0.0679 e. The Bertz CT molecular complexity index is 272. The molecule has 0 bridgehead atoms. The van der Waals surface area contributed by atoms with Crippen LogP contribution in [0.2, 0.25) is 0 Å². The molecule has 1 atom stereocenters. The molecule has 3 heteroatoms. The minimum absolute atomic E-state index is 0.0676. The van der Waals surface area contributed by atoms with Crippen molar-refractivity contribution in [2.75, 3.05) is 26.2 Å². The van der Waals surface area contributed by atoms with Gasteiger partial charge in [-0.15, -0.1) is 0 Å². The fourth-order valence-electron chi connectivity index (χ4n) is 3.77. The lowest BCUT2D eigenvalue weighted by Crippen LogP contribution is -2.45. The third-order valence-corrected chi connectivity index (χ3v) is 5.06. The number of likely N-dealkylation sites (tertiary alicyclic amines) is 1. The zero-order valence-corrected chi connectivity index (χ0v) is 11.5. The van der Waals surface area contributed by atoms with Crippen LogP contribution in [0, 0.1) is 5.41 Å². The first-order chi connectivity index (χ1) is 8.76. The maximum atomic E-state index is 9.68. The summed E-state index contributed by atoms with van der Waals surface area (Å²) in [4.78, 5) is 2.50. The van der Waals surface area contributed by atoms with E-state index in [-0.39, 0.29) is 6.10 Å². The quantitative estimate of drug-likeness (QED) is 0.782. The lowest BCUT2D eigenvalue weighted by Gasteiger charge is -2.40. The van der Waals surface area contributed by atoms with Crippen LogP contribution in [0.4, 0.5) is 0 Å². The fourth-order valence-corrected chi connectivity index (χ4v) is 3.77. The Morgan fingerprint density at radius 2 is 1.89 bits per heavy atom. The molecule has 0 aromatic carbocycles. The third-order valence-electron chi connectivity index (χ3n) is 5.06. The standard InChI is InChI=1S/C15H28N2O/c18-14-6-9-17(10-14)12-15(7-2-1-3-8-15)11-16-13-4-5-13/h13-14,16,18H,1-12H2. The van der Waals surface area contributed by atoms with Crippen LogP contribution < -0.4 is 5.32 Å². The highest BCUT2D eigenvalue weighted by Gasteiger charge is 2.36. The van der Waals surface area contributed by atoms with Crippen molar-refractivity contribution in [1.82, 2.24) is 10.2 Å². The average Bonchev–Trinajstić information content (AvgIpc) is 3.12. The first-order valence-electron chi connectivity index (χ1n) is 7.90. The Hall–Kier alpha value is -0.120. The summed E-state index contributed by atoms with van der Waals surface area (Å²) in [6.45, 7) is 4.44. The maximum absolute atomic E-state index is 9.68. The van der Waals surface area contributed by atoms with E-state index in [4.69, 9.17) is 0 Å². The summed E-state index contributed by atoms with van der Waals surface area (Å²) < 4.78 is 0. The molecule has 0 spiro atoms. The van der Waals surface area contributed by atoms with E-state index in [9.17, 15) is 5.11 Å². The van der Waals surface area contributed by atoms with Crippen LogP contribution in [0.5, 0.6) is 0 Å². The van der Waals surface area contributed by atoms with E-state index in [1.807, 2.05) is 0 Å². The van der Waals surface area contributed by atoms with Crippen LogP contribution in [0.1, 0.15) is 51.4 Å². The number of nitrogens with one attached hydrogen (secondary N) is 1. The van der Waals surface area contributed by atoms with Gasteiger partial charge >= 0.3 is 0 Å². The molecule has 1 unspecified atom stereocenters. The molecule has 3 fully saturated rings. The summed E-state index contributed by atoms with van der Waals surface area (Å²) >= 11 is 0. The van der Waals surface area contributed by atoms with Gasteiger partial charge in [0, 0.05) is 32.2 Å². The van der Waals surface area contributed by atoms with Crippen molar-refractivity contribution < 1.29 is 5.11 Å². The molecular formula is C15H28N2O. The topological polar surface area (TPSA) is 35.5 Å².